The van der Waals surface area contributed by atoms with Crippen molar-refractivity contribution < 1.29 is 4.92 Å². The van der Waals surface area contributed by atoms with Gasteiger partial charge >= 0.3 is 0 Å². The molecular formula is C10H11N5O2S. The molecule has 8 heteroatoms. The van der Waals surface area contributed by atoms with Gasteiger partial charge in [0.05, 0.1) is 4.92 Å². The summed E-state index contributed by atoms with van der Waals surface area (Å²) in [5.41, 5.74) is 6.63. The van der Waals surface area contributed by atoms with Crippen LogP contribution in [0.2, 0.25) is 0 Å². The molecular weight excluding hydrogens is 254 g/mol. The number of benzene rings is 1. The van der Waals surface area contributed by atoms with Crippen molar-refractivity contribution in [3.05, 3.63) is 40.2 Å². The molecule has 1 aromatic heterocycles. The molecule has 0 spiro atoms. The maximum absolute atomic E-state index is 10.8. The molecule has 7 nitrogen and oxygen atoms in total. The Balaban J connectivity index is 2.17. The second-order valence-corrected chi connectivity index (χ2v) is 4.50. The zero-order chi connectivity index (χ0) is 13.1. The minimum absolute atomic E-state index is 0.0638. The number of nitro benzene ring substituents is 1. The second kappa shape index (κ2) is 5.05. The number of aromatic nitrogens is 3. The Morgan fingerprint density at radius 1 is 1.56 bits per heavy atom. The first kappa shape index (κ1) is 12.4. The van der Waals surface area contributed by atoms with E-state index in [4.69, 9.17) is 5.73 Å². The van der Waals surface area contributed by atoms with Crippen LogP contribution >= 0.6 is 11.8 Å². The van der Waals surface area contributed by atoms with Gasteiger partial charge in [0.1, 0.15) is 12.0 Å². The van der Waals surface area contributed by atoms with Crippen molar-refractivity contribution in [2.45, 2.75) is 10.9 Å². The molecule has 0 amide bonds. The molecule has 0 saturated heterocycles. The molecule has 0 fully saturated rings. The fraction of sp³-hybridized carbons (Fsp3) is 0.200. The van der Waals surface area contributed by atoms with Crippen LogP contribution < -0.4 is 5.73 Å². The lowest BCUT2D eigenvalue weighted by molar-refractivity contribution is -0.383. The van der Waals surface area contributed by atoms with Crippen molar-refractivity contribution in [2.24, 2.45) is 7.05 Å². The van der Waals surface area contributed by atoms with Crippen LogP contribution in [0, 0.1) is 10.1 Å². The summed E-state index contributed by atoms with van der Waals surface area (Å²) in [5, 5.41) is 15.4. The smallest absolute Gasteiger partial charge is 0.292 e. The van der Waals surface area contributed by atoms with Crippen LogP contribution in [0.15, 0.2) is 29.7 Å². The molecule has 94 valence electrons. The lowest BCUT2D eigenvalue weighted by Gasteiger charge is -2.05. The number of hydrogen-bond donors (Lipinski definition) is 1. The topological polar surface area (TPSA) is 99.9 Å². The minimum Gasteiger partial charge on any atom is -0.393 e. The first-order valence-corrected chi connectivity index (χ1v) is 6.06. The van der Waals surface area contributed by atoms with Crippen LogP contribution in [0.5, 0.6) is 0 Å². The van der Waals surface area contributed by atoms with Gasteiger partial charge in [0.2, 0.25) is 0 Å². The number of nitrogens with two attached hydrogens (primary N) is 1. The monoisotopic (exact) mass is 265 g/mol. The van der Waals surface area contributed by atoms with Gasteiger partial charge in [-0.3, -0.25) is 10.1 Å². The molecule has 18 heavy (non-hydrogen) atoms. The third kappa shape index (κ3) is 2.43. The fourth-order valence-electron chi connectivity index (χ4n) is 1.44. The predicted octanol–water partition coefficient (Wildman–Crippen LogP) is 1.60. The third-order valence-corrected chi connectivity index (χ3v) is 3.48. The zero-order valence-electron chi connectivity index (χ0n) is 9.61. The molecule has 0 aliphatic heterocycles. The van der Waals surface area contributed by atoms with Gasteiger partial charge in [-0.2, -0.15) is 5.10 Å². The zero-order valence-corrected chi connectivity index (χ0v) is 10.4. The molecule has 0 atom stereocenters. The van der Waals surface area contributed by atoms with Gasteiger partial charge in [-0.25, -0.2) is 9.67 Å². The van der Waals surface area contributed by atoms with E-state index in [1.54, 1.807) is 23.9 Å². The summed E-state index contributed by atoms with van der Waals surface area (Å²) >= 11 is 1.43. The first-order chi connectivity index (χ1) is 8.59. The Morgan fingerprint density at radius 2 is 2.33 bits per heavy atom. The van der Waals surface area contributed by atoms with E-state index in [1.165, 1.54) is 24.2 Å². The second-order valence-electron chi connectivity index (χ2n) is 3.56. The molecule has 0 unspecified atom stereocenters. The van der Waals surface area contributed by atoms with Gasteiger partial charge in [-0.05, 0) is 5.56 Å². The quantitative estimate of drug-likeness (QED) is 0.390. The summed E-state index contributed by atoms with van der Waals surface area (Å²) in [4.78, 5) is 14.3. The van der Waals surface area contributed by atoms with Gasteiger partial charge in [0.15, 0.2) is 5.16 Å². The Hall–Kier alpha value is -2.09. The molecule has 1 aromatic carbocycles. The van der Waals surface area contributed by atoms with E-state index in [-0.39, 0.29) is 11.4 Å². The third-order valence-electron chi connectivity index (χ3n) is 2.40. The number of nitrogen functional groups attached to an aromatic ring is 1. The Kier molecular flexibility index (Phi) is 3.47. The SMILES string of the molecule is Cn1ncnc1SCc1cccc([N+](=O)[O-])c1N. The Morgan fingerprint density at radius 3 is 2.94 bits per heavy atom. The molecule has 2 aromatic rings. The van der Waals surface area contributed by atoms with Crippen molar-refractivity contribution in [1.29, 1.82) is 0 Å². The molecule has 0 aliphatic carbocycles. The maximum atomic E-state index is 10.8. The molecule has 0 radical (unpaired) electrons. The highest BCUT2D eigenvalue weighted by Crippen LogP contribution is 2.29. The van der Waals surface area contributed by atoms with Crippen molar-refractivity contribution >= 4 is 23.1 Å². The van der Waals surface area contributed by atoms with Gasteiger partial charge < -0.3 is 5.73 Å². The van der Waals surface area contributed by atoms with Gasteiger partial charge in [0.25, 0.3) is 5.69 Å². The largest absolute Gasteiger partial charge is 0.393 e. The average molecular weight is 265 g/mol. The summed E-state index contributed by atoms with van der Waals surface area (Å²) in [6.07, 6.45) is 1.46. The number of rotatable bonds is 4. The minimum atomic E-state index is -0.480. The highest BCUT2D eigenvalue weighted by Gasteiger charge is 2.14. The van der Waals surface area contributed by atoms with E-state index in [0.29, 0.717) is 5.75 Å². The van der Waals surface area contributed by atoms with E-state index in [0.717, 1.165) is 10.7 Å². The number of aryl methyl sites for hydroxylation is 1. The molecule has 2 N–H and O–H groups in total. The number of hydrogen-bond acceptors (Lipinski definition) is 6. The summed E-state index contributed by atoms with van der Waals surface area (Å²) in [5.74, 6) is 0.514. The summed E-state index contributed by atoms with van der Waals surface area (Å²) < 4.78 is 1.64. The van der Waals surface area contributed by atoms with Crippen molar-refractivity contribution in [1.82, 2.24) is 14.8 Å². The van der Waals surface area contributed by atoms with E-state index in [1.807, 2.05) is 0 Å². The molecule has 0 aliphatic rings. The lowest BCUT2D eigenvalue weighted by Crippen LogP contribution is -2.00. The number of para-hydroxylation sites is 1. The standard InChI is InChI=1S/C10H11N5O2S/c1-14-10(12-6-13-14)18-5-7-3-2-4-8(9(7)11)15(16)17/h2-4,6H,5,11H2,1H3. The predicted molar refractivity (Wildman–Crippen MR) is 68.1 cm³/mol. The fourth-order valence-corrected chi connectivity index (χ4v) is 2.34. The van der Waals surface area contributed by atoms with Crippen LogP contribution in [0.25, 0.3) is 0 Å². The van der Waals surface area contributed by atoms with Crippen LogP contribution in [0.1, 0.15) is 5.56 Å². The number of anilines is 1. The van der Waals surface area contributed by atoms with Gasteiger partial charge in [0, 0.05) is 18.9 Å². The molecule has 1 heterocycles. The van der Waals surface area contributed by atoms with E-state index >= 15 is 0 Å². The first-order valence-electron chi connectivity index (χ1n) is 5.08. The van der Waals surface area contributed by atoms with Crippen molar-refractivity contribution in [3.8, 4) is 0 Å². The Bertz CT molecular complexity index is 583. The number of thioether (sulfide) groups is 1. The Labute approximate surface area is 107 Å². The lowest BCUT2D eigenvalue weighted by atomic mass is 10.2. The number of nitrogens with zero attached hydrogens (tertiary/aromatic N) is 4. The average Bonchev–Trinajstić information content (AvgIpc) is 2.73. The van der Waals surface area contributed by atoms with Crippen molar-refractivity contribution in [3.63, 3.8) is 0 Å². The number of nitro groups is 1. The van der Waals surface area contributed by atoms with E-state index in [9.17, 15) is 10.1 Å². The molecule has 2 rings (SSSR count). The van der Waals surface area contributed by atoms with E-state index < -0.39 is 4.92 Å². The van der Waals surface area contributed by atoms with Crippen LogP contribution in [0.3, 0.4) is 0 Å². The van der Waals surface area contributed by atoms with Gasteiger partial charge in [-0.15, -0.1) is 0 Å². The normalized spacial score (nSPS) is 10.5. The summed E-state index contributed by atoms with van der Waals surface area (Å²) in [6.45, 7) is 0. The highest BCUT2D eigenvalue weighted by atomic mass is 32.2. The summed E-state index contributed by atoms with van der Waals surface area (Å²) in [6, 6.07) is 4.79. The molecule has 0 saturated carbocycles. The summed E-state index contributed by atoms with van der Waals surface area (Å²) in [7, 11) is 1.78. The van der Waals surface area contributed by atoms with Crippen LogP contribution in [0.4, 0.5) is 11.4 Å². The van der Waals surface area contributed by atoms with Crippen LogP contribution in [-0.2, 0) is 12.8 Å². The maximum Gasteiger partial charge on any atom is 0.292 e. The van der Waals surface area contributed by atoms with E-state index in [2.05, 4.69) is 10.1 Å². The highest BCUT2D eigenvalue weighted by molar-refractivity contribution is 7.98. The van der Waals surface area contributed by atoms with Gasteiger partial charge in [-0.1, -0.05) is 23.9 Å². The van der Waals surface area contributed by atoms with Crippen molar-refractivity contribution in [2.75, 3.05) is 5.73 Å². The van der Waals surface area contributed by atoms with Crippen LogP contribution in [-0.4, -0.2) is 19.7 Å². The molecule has 0 bridgehead atoms.